The van der Waals surface area contributed by atoms with Crippen molar-refractivity contribution < 1.29 is 9.47 Å². The highest BCUT2D eigenvalue weighted by atomic mass is 16.5. The van der Waals surface area contributed by atoms with Crippen molar-refractivity contribution >= 4 is 0 Å². The Labute approximate surface area is 121 Å². The number of nitrogens with zero attached hydrogens (tertiary/aromatic N) is 1. The van der Waals surface area contributed by atoms with Gasteiger partial charge < -0.3 is 15.2 Å². The Kier molecular flexibility index (Phi) is 5.00. The maximum atomic E-state index is 6.41. The molecule has 4 heteroatoms. The number of ether oxygens (including phenoxy) is 2. The van der Waals surface area contributed by atoms with Crippen molar-refractivity contribution in [3.05, 3.63) is 23.0 Å². The number of pyridine rings is 1. The van der Waals surface area contributed by atoms with E-state index in [0.717, 1.165) is 48.4 Å². The molecule has 0 aromatic carbocycles. The molecule has 3 atom stereocenters. The van der Waals surface area contributed by atoms with Crippen LogP contribution in [-0.2, 0) is 11.2 Å². The second-order valence-corrected chi connectivity index (χ2v) is 5.68. The van der Waals surface area contributed by atoms with Crippen LogP contribution in [-0.4, -0.2) is 30.8 Å². The SMILES string of the molecule is CCC1OCCC1C(N)Cc1ncc(C)c(OC)c1C. The number of rotatable bonds is 5. The van der Waals surface area contributed by atoms with E-state index in [0.29, 0.717) is 12.0 Å². The summed E-state index contributed by atoms with van der Waals surface area (Å²) in [7, 11) is 1.71. The van der Waals surface area contributed by atoms with Gasteiger partial charge in [0.15, 0.2) is 0 Å². The first-order chi connectivity index (χ1) is 9.58. The standard InChI is InChI=1S/C16H26N2O2/c1-5-15-12(6-7-20-15)13(17)8-14-11(3)16(19-4)10(2)9-18-14/h9,12-13,15H,5-8,17H2,1-4H3. The van der Waals surface area contributed by atoms with E-state index in [2.05, 4.69) is 18.8 Å². The van der Waals surface area contributed by atoms with Gasteiger partial charge >= 0.3 is 0 Å². The van der Waals surface area contributed by atoms with E-state index in [-0.39, 0.29) is 6.04 Å². The molecule has 1 aliphatic heterocycles. The van der Waals surface area contributed by atoms with Crippen LogP contribution in [0.1, 0.15) is 36.6 Å². The van der Waals surface area contributed by atoms with Crippen molar-refractivity contribution in [3.8, 4) is 5.75 Å². The largest absolute Gasteiger partial charge is 0.496 e. The topological polar surface area (TPSA) is 57.4 Å². The van der Waals surface area contributed by atoms with E-state index in [4.69, 9.17) is 15.2 Å². The third-order valence-corrected chi connectivity index (χ3v) is 4.39. The van der Waals surface area contributed by atoms with Gasteiger partial charge in [-0.3, -0.25) is 4.98 Å². The van der Waals surface area contributed by atoms with E-state index in [1.54, 1.807) is 7.11 Å². The third-order valence-electron chi connectivity index (χ3n) is 4.39. The number of nitrogens with two attached hydrogens (primary N) is 1. The summed E-state index contributed by atoms with van der Waals surface area (Å²) in [6.45, 7) is 7.07. The summed E-state index contributed by atoms with van der Waals surface area (Å²) in [6.07, 6.45) is 5.05. The van der Waals surface area contributed by atoms with Crippen molar-refractivity contribution in [2.45, 2.75) is 52.2 Å². The zero-order valence-corrected chi connectivity index (χ0v) is 13.0. The second kappa shape index (κ2) is 6.55. The number of methoxy groups -OCH3 is 1. The number of aromatic nitrogens is 1. The van der Waals surface area contributed by atoms with E-state index in [1.807, 2.05) is 13.1 Å². The van der Waals surface area contributed by atoms with Crippen LogP contribution in [0.25, 0.3) is 0 Å². The molecule has 0 amide bonds. The highest BCUT2D eigenvalue weighted by Gasteiger charge is 2.32. The summed E-state index contributed by atoms with van der Waals surface area (Å²) in [6, 6.07) is 0.0982. The van der Waals surface area contributed by atoms with Gasteiger partial charge in [0, 0.05) is 48.0 Å². The molecule has 0 bridgehead atoms. The molecule has 1 fully saturated rings. The molecule has 0 radical (unpaired) electrons. The maximum absolute atomic E-state index is 6.41. The Morgan fingerprint density at radius 3 is 2.90 bits per heavy atom. The van der Waals surface area contributed by atoms with Crippen molar-refractivity contribution in [3.63, 3.8) is 0 Å². The Hall–Kier alpha value is -1.13. The molecule has 112 valence electrons. The minimum Gasteiger partial charge on any atom is -0.496 e. The molecule has 3 unspecified atom stereocenters. The summed E-state index contributed by atoms with van der Waals surface area (Å²) >= 11 is 0. The van der Waals surface area contributed by atoms with Crippen LogP contribution in [0.5, 0.6) is 5.75 Å². The molecule has 2 rings (SSSR count). The van der Waals surface area contributed by atoms with Crippen molar-refractivity contribution in [2.24, 2.45) is 11.7 Å². The second-order valence-electron chi connectivity index (χ2n) is 5.68. The molecule has 2 N–H and O–H groups in total. The lowest BCUT2D eigenvalue weighted by atomic mass is 9.88. The van der Waals surface area contributed by atoms with Gasteiger partial charge in [0.05, 0.1) is 13.2 Å². The van der Waals surface area contributed by atoms with Gasteiger partial charge in [0.2, 0.25) is 0 Å². The Morgan fingerprint density at radius 2 is 2.25 bits per heavy atom. The smallest absolute Gasteiger partial charge is 0.128 e. The average molecular weight is 278 g/mol. The summed E-state index contributed by atoms with van der Waals surface area (Å²) in [5.41, 5.74) is 9.63. The third kappa shape index (κ3) is 2.96. The van der Waals surface area contributed by atoms with Gasteiger partial charge in [-0.15, -0.1) is 0 Å². The van der Waals surface area contributed by atoms with Crippen LogP contribution in [0, 0.1) is 19.8 Å². The van der Waals surface area contributed by atoms with E-state index in [9.17, 15) is 0 Å². The summed E-state index contributed by atoms with van der Waals surface area (Å²) in [4.78, 5) is 4.55. The quantitative estimate of drug-likeness (QED) is 0.898. The number of hydrogen-bond acceptors (Lipinski definition) is 4. The number of hydrogen-bond donors (Lipinski definition) is 1. The van der Waals surface area contributed by atoms with Gasteiger partial charge in [-0.1, -0.05) is 6.92 Å². The van der Waals surface area contributed by atoms with Crippen LogP contribution in [0.15, 0.2) is 6.20 Å². The Morgan fingerprint density at radius 1 is 1.50 bits per heavy atom. The molecular weight excluding hydrogens is 252 g/mol. The summed E-state index contributed by atoms with van der Waals surface area (Å²) < 4.78 is 11.2. The van der Waals surface area contributed by atoms with Gasteiger partial charge in [0.1, 0.15) is 5.75 Å². The van der Waals surface area contributed by atoms with Crippen molar-refractivity contribution in [2.75, 3.05) is 13.7 Å². The van der Waals surface area contributed by atoms with Gasteiger partial charge in [0.25, 0.3) is 0 Å². The van der Waals surface area contributed by atoms with E-state index in [1.165, 1.54) is 0 Å². The lowest BCUT2D eigenvalue weighted by Gasteiger charge is -2.24. The normalized spacial score (nSPS) is 23.9. The maximum Gasteiger partial charge on any atom is 0.128 e. The predicted molar refractivity (Wildman–Crippen MR) is 80.1 cm³/mol. The molecule has 20 heavy (non-hydrogen) atoms. The van der Waals surface area contributed by atoms with Gasteiger partial charge in [-0.25, -0.2) is 0 Å². The highest BCUT2D eigenvalue weighted by Crippen LogP contribution is 2.29. The summed E-state index contributed by atoms with van der Waals surface area (Å²) in [5, 5.41) is 0. The van der Waals surface area contributed by atoms with Gasteiger partial charge in [-0.05, 0) is 26.7 Å². The lowest BCUT2D eigenvalue weighted by molar-refractivity contribution is 0.0813. The van der Waals surface area contributed by atoms with Crippen LogP contribution in [0.2, 0.25) is 0 Å². The van der Waals surface area contributed by atoms with E-state index >= 15 is 0 Å². The first kappa shape index (κ1) is 15.3. The van der Waals surface area contributed by atoms with Crippen LogP contribution < -0.4 is 10.5 Å². The molecule has 1 aromatic heterocycles. The first-order valence-electron chi connectivity index (χ1n) is 7.44. The van der Waals surface area contributed by atoms with Crippen LogP contribution in [0.4, 0.5) is 0 Å². The average Bonchev–Trinajstić information content (AvgIpc) is 2.91. The monoisotopic (exact) mass is 278 g/mol. The minimum atomic E-state index is 0.0982. The van der Waals surface area contributed by atoms with Crippen molar-refractivity contribution in [1.29, 1.82) is 0 Å². The summed E-state index contributed by atoms with van der Waals surface area (Å²) in [5.74, 6) is 1.37. The zero-order valence-electron chi connectivity index (χ0n) is 13.0. The molecule has 0 aliphatic carbocycles. The van der Waals surface area contributed by atoms with E-state index < -0.39 is 0 Å². The Balaban J connectivity index is 2.13. The highest BCUT2D eigenvalue weighted by molar-refractivity contribution is 5.41. The minimum absolute atomic E-state index is 0.0982. The fourth-order valence-electron chi connectivity index (χ4n) is 3.23. The van der Waals surface area contributed by atoms with Gasteiger partial charge in [-0.2, -0.15) is 0 Å². The molecule has 2 heterocycles. The van der Waals surface area contributed by atoms with Crippen LogP contribution >= 0.6 is 0 Å². The molecule has 0 spiro atoms. The lowest BCUT2D eigenvalue weighted by Crippen LogP contribution is -2.37. The molecule has 1 aromatic rings. The fraction of sp³-hybridized carbons (Fsp3) is 0.688. The van der Waals surface area contributed by atoms with Crippen molar-refractivity contribution in [1.82, 2.24) is 4.98 Å². The predicted octanol–water partition coefficient (Wildman–Crippen LogP) is 2.39. The zero-order chi connectivity index (χ0) is 14.7. The molecule has 1 saturated heterocycles. The molecular formula is C16H26N2O2. The molecule has 0 saturated carbocycles. The molecule has 1 aliphatic rings. The first-order valence-corrected chi connectivity index (χ1v) is 7.44. The number of aryl methyl sites for hydroxylation is 1. The molecule has 4 nitrogen and oxygen atoms in total. The fourth-order valence-corrected chi connectivity index (χ4v) is 3.23. The van der Waals surface area contributed by atoms with Crippen LogP contribution in [0.3, 0.4) is 0 Å². The Bertz CT molecular complexity index is 462.